The van der Waals surface area contributed by atoms with Crippen LogP contribution in [0.2, 0.25) is 5.02 Å². The van der Waals surface area contributed by atoms with E-state index < -0.39 is 22.5 Å². The van der Waals surface area contributed by atoms with E-state index in [1.165, 1.54) is 31.2 Å². The summed E-state index contributed by atoms with van der Waals surface area (Å²) in [5.41, 5.74) is 1.09. The van der Waals surface area contributed by atoms with Crippen LogP contribution in [0.4, 0.5) is 5.69 Å². The van der Waals surface area contributed by atoms with E-state index in [9.17, 15) is 18.0 Å². The topological polar surface area (TPSA) is 102 Å². The van der Waals surface area contributed by atoms with Crippen LogP contribution in [0.1, 0.15) is 12.5 Å². The van der Waals surface area contributed by atoms with E-state index in [0.29, 0.717) is 16.3 Å². The summed E-state index contributed by atoms with van der Waals surface area (Å²) in [5, 5.41) is 2.99. The fourth-order valence-corrected chi connectivity index (χ4v) is 3.14. The molecule has 0 bridgehead atoms. The highest BCUT2D eigenvalue weighted by molar-refractivity contribution is 7.89. The summed E-state index contributed by atoms with van der Waals surface area (Å²) in [4.78, 5) is 22.7. The van der Waals surface area contributed by atoms with E-state index in [-0.39, 0.29) is 17.4 Å². The highest BCUT2D eigenvalue weighted by Gasteiger charge is 2.16. The maximum absolute atomic E-state index is 12.2. The van der Waals surface area contributed by atoms with Gasteiger partial charge in [-0.05, 0) is 30.3 Å². The number of rotatable bonds is 7. The molecule has 0 heterocycles. The van der Waals surface area contributed by atoms with E-state index >= 15 is 0 Å². The van der Waals surface area contributed by atoms with Crippen molar-refractivity contribution in [2.24, 2.45) is 0 Å². The summed E-state index contributed by atoms with van der Waals surface area (Å²) in [6, 6.07) is 12.4. The zero-order chi connectivity index (χ0) is 19.2. The number of hydrogen-bond donors (Lipinski definition) is 2. The first-order valence-electron chi connectivity index (χ1n) is 7.54. The first-order valence-corrected chi connectivity index (χ1v) is 9.40. The summed E-state index contributed by atoms with van der Waals surface area (Å²) in [6.45, 7) is 0.784. The van der Waals surface area contributed by atoms with Crippen LogP contribution in [0.5, 0.6) is 0 Å². The summed E-state index contributed by atoms with van der Waals surface area (Å²) in [5.74, 6) is -0.997. The number of sulfonamides is 1. The maximum atomic E-state index is 12.2. The standard InChI is InChI=1S/C17H17ClN2O5S/c1-12(21)20-14-6-8-15(9-7-14)26(23,24)19-10-17(22)25-11-13-4-2-3-5-16(13)18/h2-9,19H,10-11H2,1H3,(H,20,21). The van der Waals surface area contributed by atoms with E-state index in [1.807, 2.05) is 0 Å². The second kappa shape index (κ2) is 8.79. The van der Waals surface area contributed by atoms with Gasteiger partial charge in [0.15, 0.2) is 0 Å². The van der Waals surface area contributed by atoms with Crippen molar-refractivity contribution < 1.29 is 22.7 Å². The van der Waals surface area contributed by atoms with Crippen LogP contribution in [0, 0.1) is 0 Å². The third kappa shape index (κ3) is 5.83. The second-order valence-electron chi connectivity index (χ2n) is 5.28. The van der Waals surface area contributed by atoms with Crippen LogP contribution in [0.15, 0.2) is 53.4 Å². The molecule has 0 saturated carbocycles. The molecule has 138 valence electrons. The summed E-state index contributed by atoms with van der Waals surface area (Å²) < 4.78 is 31.5. The van der Waals surface area contributed by atoms with Gasteiger partial charge in [0.25, 0.3) is 0 Å². The molecule has 2 aromatic carbocycles. The maximum Gasteiger partial charge on any atom is 0.321 e. The number of hydrogen-bond acceptors (Lipinski definition) is 5. The molecule has 9 heteroatoms. The first kappa shape index (κ1) is 19.9. The van der Waals surface area contributed by atoms with Gasteiger partial charge in [-0.15, -0.1) is 0 Å². The van der Waals surface area contributed by atoms with Gasteiger partial charge in [-0.25, -0.2) is 8.42 Å². The summed E-state index contributed by atoms with van der Waals surface area (Å²) in [6.07, 6.45) is 0. The lowest BCUT2D eigenvalue weighted by atomic mass is 10.2. The van der Waals surface area contributed by atoms with Crippen LogP contribution in [0.25, 0.3) is 0 Å². The molecule has 0 unspecified atom stereocenters. The molecule has 0 spiro atoms. The Hall–Kier alpha value is -2.42. The Morgan fingerprint density at radius 2 is 1.73 bits per heavy atom. The molecule has 0 aliphatic carbocycles. The molecule has 26 heavy (non-hydrogen) atoms. The zero-order valence-electron chi connectivity index (χ0n) is 13.9. The van der Waals surface area contributed by atoms with Crippen molar-refractivity contribution >= 4 is 39.2 Å². The fraction of sp³-hybridized carbons (Fsp3) is 0.176. The number of amides is 1. The van der Waals surface area contributed by atoms with Gasteiger partial charge in [0.2, 0.25) is 15.9 Å². The number of carbonyl (C=O) groups excluding carboxylic acids is 2. The molecular weight excluding hydrogens is 380 g/mol. The van der Waals surface area contributed by atoms with E-state index in [4.69, 9.17) is 16.3 Å². The van der Waals surface area contributed by atoms with Crippen molar-refractivity contribution in [3.05, 3.63) is 59.1 Å². The molecule has 2 N–H and O–H groups in total. The SMILES string of the molecule is CC(=O)Nc1ccc(S(=O)(=O)NCC(=O)OCc2ccccc2Cl)cc1. The molecule has 0 atom stereocenters. The van der Waals surface area contributed by atoms with Crippen molar-refractivity contribution in [2.75, 3.05) is 11.9 Å². The van der Waals surface area contributed by atoms with Crippen LogP contribution in [-0.4, -0.2) is 26.8 Å². The lowest BCUT2D eigenvalue weighted by Crippen LogP contribution is -2.30. The number of esters is 1. The smallest absolute Gasteiger partial charge is 0.321 e. The van der Waals surface area contributed by atoms with Crippen molar-refractivity contribution in [3.63, 3.8) is 0 Å². The van der Waals surface area contributed by atoms with Crippen LogP contribution < -0.4 is 10.0 Å². The van der Waals surface area contributed by atoms with E-state index in [2.05, 4.69) is 10.0 Å². The number of carbonyl (C=O) groups is 2. The predicted octanol–water partition coefficient (Wildman–Crippen LogP) is 2.32. The molecule has 0 fully saturated rings. The average molecular weight is 397 g/mol. The van der Waals surface area contributed by atoms with Gasteiger partial charge in [0.1, 0.15) is 13.2 Å². The van der Waals surface area contributed by atoms with Gasteiger partial charge in [0.05, 0.1) is 4.90 Å². The molecule has 0 aromatic heterocycles. The molecule has 7 nitrogen and oxygen atoms in total. The Balaban J connectivity index is 1.89. The summed E-state index contributed by atoms with van der Waals surface area (Å²) >= 11 is 5.95. The normalized spacial score (nSPS) is 11.0. The Morgan fingerprint density at radius 1 is 1.08 bits per heavy atom. The lowest BCUT2D eigenvalue weighted by Gasteiger charge is -2.09. The van der Waals surface area contributed by atoms with Crippen molar-refractivity contribution in [2.45, 2.75) is 18.4 Å². The third-order valence-electron chi connectivity index (χ3n) is 3.24. The largest absolute Gasteiger partial charge is 0.460 e. The number of anilines is 1. The molecule has 0 aliphatic heterocycles. The molecule has 1 amide bonds. The van der Waals surface area contributed by atoms with Gasteiger partial charge in [0, 0.05) is 23.2 Å². The van der Waals surface area contributed by atoms with Gasteiger partial charge >= 0.3 is 5.97 Å². The molecule has 0 saturated heterocycles. The molecular formula is C17H17ClN2O5S. The van der Waals surface area contributed by atoms with Crippen molar-refractivity contribution in [3.8, 4) is 0 Å². The van der Waals surface area contributed by atoms with Crippen LogP contribution >= 0.6 is 11.6 Å². The fourth-order valence-electron chi connectivity index (χ4n) is 1.98. The molecule has 0 radical (unpaired) electrons. The molecule has 2 rings (SSSR count). The first-order chi connectivity index (χ1) is 12.3. The highest BCUT2D eigenvalue weighted by Crippen LogP contribution is 2.16. The number of halogens is 1. The second-order valence-corrected chi connectivity index (χ2v) is 7.46. The molecule has 0 aliphatic rings. The number of ether oxygens (including phenoxy) is 1. The minimum Gasteiger partial charge on any atom is -0.460 e. The lowest BCUT2D eigenvalue weighted by molar-refractivity contribution is -0.143. The van der Waals surface area contributed by atoms with Crippen LogP contribution in [-0.2, 0) is 31.0 Å². The number of benzene rings is 2. The van der Waals surface area contributed by atoms with E-state index in [1.54, 1.807) is 24.3 Å². The summed E-state index contributed by atoms with van der Waals surface area (Å²) in [7, 11) is -3.88. The highest BCUT2D eigenvalue weighted by atomic mass is 35.5. The quantitative estimate of drug-likeness (QED) is 0.699. The number of nitrogens with one attached hydrogen (secondary N) is 2. The average Bonchev–Trinajstić information content (AvgIpc) is 2.59. The minimum absolute atomic E-state index is 0.0366. The Morgan fingerprint density at radius 3 is 2.35 bits per heavy atom. The predicted molar refractivity (Wildman–Crippen MR) is 97.2 cm³/mol. The van der Waals surface area contributed by atoms with Gasteiger partial charge in [-0.1, -0.05) is 29.8 Å². The van der Waals surface area contributed by atoms with Gasteiger partial charge in [-0.3, -0.25) is 9.59 Å². The van der Waals surface area contributed by atoms with Crippen molar-refractivity contribution in [1.29, 1.82) is 0 Å². The zero-order valence-corrected chi connectivity index (χ0v) is 15.4. The van der Waals surface area contributed by atoms with Crippen molar-refractivity contribution in [1.82, 2.24) is 4.72 Å². The Bertz CT molecular complexity index is 898. The Kier molecular flexibility index (Phi) is 6.73. The van der Waals surface area contributed by atoms with E-state index in [0.717, 1.165) is 0 Å². The van der Waals surface area contributed by atoms with Gasteiger partial charge in [-0.2, -0.15) is 4.72 Å². The Labute approximate surface area is 156 Å². The third-order valence-corrected chi connectivity index (χ3v) is 5.02. The van der Waals surface area contributed by atoms with Gasteiger partial charge < -0.3 is 10.1 Å². The van der Waals surface area contributed by atoms with Crippen LogP contribution in [0.3, 0.4) is 0 Å². The minimum atomic E-state index is -3.88. The molecule has 2 aromatic rings. The monoisotopic (exact) mass is 396 g/mol.